The lowest BCUT2D eigenvalue weighted by atomic mass is 10.2. The second-order valence-electron chi connectivity index (χ2n) is 4.08. The maximum atomic E-state index is 11.9. The Morgan fingerprint density at radius 3 is 2.65 bits per heavy atom. The second kappa shape index (κ2) is 5.32. The molecule has 2 rings (SSSR count). The minimum absolute atomic E-state index is 0.203. The molecule has 110 valence electrons. The number of alkyl halides is 1. The van der Waals surface area contributed by atoms with Gasteiger partial charge in [-0.2, -0.15) is 0 Å². The van der Waals surface area contributed by atoms with Crippen LogP contribution in [-0.4, -0.2) is 48.7 Å². The zero-order chi connectivity index (χ0) is 15.0. The lowest BCUT2D eigenvalue weighted by molar-refractivity contribution is -0.549. The van der Waals surface area contributed by atoms with Crippen molar-refractivity contribution in [3.8, 4) is 0 Å². The lowest BCUT2D eigenvalue weighted by Gasteiger charge is -2.16. The van der Waals surface area contributed by atoms with Gasteiger partial charge in [-0.15, -0.1) is 11.6 Å². The van der Waals surface area contributed by atoms with Crippen molar-refractivity contribution < 1.29 is 20.0 Å². The lowest BCUT2D eigenvalue weighted by Crippen LogP contribution is -2.45. The first-order valence-electron chi connectivity index (χ1n) is 5.45. The quantitative estimate of drug-likeness (QED) is 0.371. The summed E-state index contributed by atoms with van der Waals surface area (Å²) in [6, 6.07) is 0.801. The van der Waals surface area contributed by atoms with E-state index in [1.54, 1.807) is 0 Å². The molecule has 10 nitrogen and oxygen atoms in total. The zero-order valence-electron chi connectivity index (χ0n) is 9.83. The molecule has 0 aliphatic carbocycles. The van der Waals surface area contributed by atoms with E-state index in [2.05, 4.69) is 0 Å². The van der Waals surface area contributed by atoms with Gasteiger partial charge in [0.2, 0.25) is 0 Å². The predicted octanol–water partition coefficient (Wildman–Crippen LogP) is -2.09. The number of aromatic nitrogens is 2. The van der Waals surface area contributed by atoms with Crippen LogP contribution in [0.3, 0.4) is 0 Å². The molecule has 0 aromatic carbocycles. The smallest absolute Gasteiger partial charge is 0.394 e. The monoisotopic (exact) mass is 307 g/mol. The van der Waals surface area contributed by atoms with Crippen LogP contribution in [0.25, 0.3) is 0 Å². The number of aliphatic hydroxyl groups is 2. The van der Waals surface area contributed by atoms with Crippen molar-refractivity contribution in [3.63, 3.8) is 0 Å². The molecular weight excluding hydrogens is 298 g/mol. The van der Waals surface area contributed by atoms with E-state index in [1.807, 2.05) is 0 Å². The van der Waals surface area contributed by atoms with Gasteiger partial charge in [0.1, 0.15) is 17.6 Å². The second-order valence-corrected chi connectivity index (χ2v) is 4.58. The highest BCUT2D eigenvalue weighted by molar-refractivity contribution is 6.21. The molecule has 0 unspecified atom stereocenters. The van der Waals surface area contributed by atoms with Crippen LogP contribution in [0.5, 0.6) is 0 Å². The van der Waals surface area contributed by atoms with E-state index in [0.717, 1.165) is 16.8 Å². The number of halogens is 1. The minimum atomic E-state index is -1.26. The molecule has 1 aromatic heterocycles. The molecule has 0 radical (unpaired) electrons. The molecule has 1 saturated heterocycles. The number of ether oxygens (including phenoxy) is 1. The van der Waals surface area contributed by atoms with E-state index in [-0.39, 0.29) is 4.68 Å². The largest absolute Gasteiger partial charge is 0.394 e. The van der Waals surface area contributed by atoms with E-state index >= 15 is 0 Å². The Morgan fingerprint density at radius 1 is 1.50 bits per heavy atom. The number of nitrogens with zero attached hydrogens (tertiary/aromatic N) is 3. The molecule has 1 fully saturated rings. The molecule has 4 atom stereocenters. The summed E-state index contributed by atoms with van der Waals surface area (Å²) in [5.74, 6) is 0. The van der Waals surface area contributed by atoms with Crippen molar-refractivity contribution in [3.05, 3.63) is 43.2 Å². The molecule has 2 heterocycles. The maximum absolute atomic E-state index is 11.9. The number of hydrogen-bond donors (Lipinski definition) is 2. The fourth-order valence-corrected chi connectivity index (χ4v) is 2.25. The van der Waals surface area contributed by atoms with Gasteiger partial charge in [-0.05, 0) is 0 Å². The molecule has 1 aliphatic heterocycles. The minimum Gasteiger partial charge on any atom is -0.394 e. The predicted molar refractivity (Wildman–Crippen MR) is 64.0 cm³/mol. The van der Waals surface area contributed by atoms with Crippen molar-refractivity contribution in [2.45, 2.75) is 23.8 Å². The van der Waals surface area contributed by atoms with Crippen molar-refractivity contribution in [1.82, 2.24) is 9.24 Å². The normalized spacial score (nSPS) is 29.6. The van der Waals surface area contributed by atoms with E-state index in [0.29, 0.717) is 0 Å². The molecule has 2 N–H and O–H groups in total. The fraction of sp³-hybridized carbons (Fsp3) is 0.556. The highest BCUT2D eigenvalue weighted by Crippen LogP contribution is 2.32. The number of hydrogen-bond acceptors (Lipinski definition) is 7. The third-order valence-electron chi connectivity index (χ3n) is 2.90. The van der Waals surface area contributed by atoms with Gasteiger partial charge >= 0.3 is 11.2 Å². The maximum Gasteiger partial charge on any atom is 0.394 e. The summed E-state index contributed by atoms with van der Waals surface area (Å²) in [5.41, 5.74) is -2.37. The molecule has 0 bridgehead atoms. The average Bonchev–Trinajstić information content (AvgIpc) is 2.66. The van der Waals surface area contributed by atoms with E-state index < -0.39 is 46.7 Å². The van der Waals surface area contributed by atoms with Gasteiger partial charge in [0.05, 0.1) is 6.61 Å². The van der Waals surface area contributed by atoms with E-state index in [9.17, 15) is 24.8 Å². The first-order valence-corrected chi connectivity index (χ1v) is 5.89. The summed E-state index contributed by atoms with van der Waals surface area (Å²) in [4.78, 5) is 33.8. The molecule has 0 saturated carbocycles. The first kappa shape index (κ1) is 14.7. The fourth-order valence-electron chi connectivity index (χ4n) is 1.90. The van der Waals surface area contributed by atoms with Crippen molar-refractivity contribution in [1.29, 1.82) is 0 Å². The Labute approximate surface area is 115 Å². The SMILES string of the molecule is O=c1ccn([C@@H]2O[C@H](CO)[C@@H](O)[C@@H]2Cl)c(=O)n1[N+](=O)[O-]. The molecule has 1 aromatic rings. The molecular formula is C9H10ClN3O7. The Kier molecular flexibility index (Phi) is 3.90. The van der Waals surface area contributed by atoms with Gasteiger partial charge in [0, 0.05) is 16.9 Å². The number of nitro groups is 1. The van der Waals surface area contributed by atoms with Crippen LogP contribution in [0, 0.1) is 10.1 Å². The third kappa shape index (κ3) is 2.22. The zero-order valence-corrected chi connectivity index (χ0v) is 10.6. The van der Waals surface area contributed by atoms with Crippen LogP contribution in [0.1, 0.15) is 6.23 Å². The van der Waals surface area contributed by atoms with Gasteiger partial charge in [0.25, 0.3) is 0 Å². The highest BCUT2D eigenvalue weighted by Gasteiger charge is 2.44. The number of aliphatic hydroxyl groups excluding tert-OH is 2. The Hall–Kier alpha value is -1.75. The van der Waals surface area contributed by atoms with Crippen LogP contribution in [0.4, 0.5) is 0 Å². The van der Waals surface area contributed by atoms with Crippen LogP contribution in [0.15, 0.2) is 21.9 Å². The molecule has 0 amide bonds. The van der Waals surface area contributed by atoms with E-state index in [4.69, 9.17) is 21.4 Å². The Bertz CT molecular complexity index is 641. The third-order valence-corrected chi connectivity index (χ3v) is 3.37. The van der Waals surface area contributed by atoms with Crippen LogP contribution >= 0.6 is 11.6 Å². The summed E-state index contributed by atoms with van der Waals surface area (Å²) < 4.78 is 5.69. The summed E-state index contributed by atoms with van der Waals surface area (Å²) in [7, 11) is 0. The van der Waals surface area contributed by atoms with Gasteiger partial charge in [-0.1, -0.05) is 0 Å². The number of rotatable bonds is 3. The standard InChI is InChI=1S/C9H10ClN3O7/c10-6-7(16)4(3-14)20-8(6)11-2-1-5(15)12(9(11)17)13(18)19/h1-2,4,6-8,14,16H,3H2/t4-,6+,7-,8-/m1/s1. The topological polar surface area (TPSA) is 137 Å². The first-order chi connectivity index (χ1) is 9.38. The Morgan fingerprint density at radius 2 is 2.15 bits per heavy atom. The molecule has 0 spiro atoms. The van der Waals surface area contributed by atoms with Crippen LogP contribution in [0.2, 0.25) is 0 Å². The summed E-state index contributed by atoms with van der Waals surface area (Å²) in [6.45, 7) is -0.537. The summed E-state index contributed by atoms with van der Waals surface area (Å²) >= 11 is 5.88. The van der Waals surface area contributed by atoms with Crippen molar-refractivity contribution in [2.24, 2.45) is 0 Å². The van der Waals surface area contributed by atoms with Crippen LogP contribution in [-0.2, 0) is 4.74 Å². The molecule has 1 aliphatic rings. The Balaban J connectivity index is 2.50. The van der Waals surface area contributed by atoms with Gasteiger partial charge < -0.3 is 14.9 Å². The van der Waals surface area contributed by atoms with Gasteiger partial charge in [0.15, 0.2) is 11.3 Å². The summed E-state index contributed by atoms with van der Waals surface area (Å²) in [5, 5.41) is 27.1. The molecule has 11 heteroatoms. The summed E-state index contributed by atoms with van der Waals surface area (Å²) in [6.07, 6.45) is -2.53. The molecule has 20 heavy (non-hydrogen) atoms. The van der Waals surface area contributed by atoms with Crippen LogP contribution < -0.4 is 11.2 Å². The highest BCUT2D eigenvalue weighted by atomic mass is 35.5. The van der Waals surface area contributed by atoms with Crippen molar-refractivity contribution in [2.75, 3.05) is 6.61 Å². The van der Waals surface area contributed by atoms with Crippen molar-refractivity contribution >= 4 is 11.6 Å². The van der Waals surface area contributed by atoms with Gasteiger partial charge in [-0.25, -0.2) is 14.9 Å². The van der Waals surface area contributed by atoms with E-state index in [1.165, 1.54) is 0 Å². The van der Waals surface area contributed by atoms with Gasteiger partial charge in [-0.3, -0.25) is 9.36 Å². The average molecular weight is 308 g/mol.